The highest BCUT2D eigenvalue weighted by molar-refractivity contribution is 5.89. The summed E-state index contributed by atoms with van der Waals surface area (Å²) in [6.07, 6.45) is 0.569. The van der Waals surface area contributed by atoms with Gasteiger partial charge in [-0.05, 0) is 12.5 Å². The van der Waals surface area contributed by atoms with Crippen LogP contribution in [0.15, 0.2) is 24.3 Å². The summed E-state index contributed by atoms with van der Waals surface area (Å²) in [6, 6.07) is 6.53. The molecule has 21 heavy (non-hydrogen) atoms. The molecule has 1 aromatic carbocycles. The molecule has 0 spiro atoms. The van der Waals surface area contributed by atoms with Crippen LogP contribution in [0, 0.1) is 0 Å². The van der Waals surface area contributed by atoms with Crippen LogP contribution in [-0.4, -0.2) is 54.3 Å². The molecule has 1 fully saturated rings. The molecule has 2 aliphatic rings. The maximum atomic E-state index is 12.8. The number of hydrogen-bond acceptors (Lipinski definition) is 4. The number of aliphatic carboxylic acids is 1. The first-order chi connectivity index (χ1) is 10.2. The molecular weight excluding hydrogens is 274 g/mol. The summed E-state index contributed by atoms with van der Waals surface area (Å²) in [6.45, 7) is 1.21. The highest BCUT2D eigenvalue weighted by Gasteiger charge is 2.38. The van der Waals surface area contributed by atoms with Gasteiger partial charge in [0.1, 0.15) is 5.75 Å². The minimum absolute atomic E-state index is 0.0476. The van der Waals surface area contributed by atoms with Crippen molar-refractivity contribution in [2.45, 2.75) is 18.4 Å². The van der Waals surface area contributed by atoms with Crippen LogP contribution < -0.4 is 4.74 Å². The Morgan fingerprint density at radius 2 is 2.05 bits per heavy atom. The molecule has 1 aromatic rings. The summed E-state index contributed by atoms with van der Waals surface area (Å²) in [5.41, 5.74) is 0.837. The van der Waals surface area contributed by atoms with E-state index in [0.717, 1.165) is 5.56 Å². The van der Waals surface area contributed by atoms with Crippen LogP contribution in [0.4, 0.5) is 0 Å². The predicted molar refractivity (Wildman–Crippen MR) is 73.3 cm³/mol. The Hall–Kier alpha value is -2.08. The van der Waals surface area contributed by atoms with Crippen LogP contribution in [0.3, 0.4) is 0 Å². The van der Waals surface area contributed by atoms with Gasteiger partial charge in [-0.15, -0.1) is 0 Å². The number of carbonyl (C=O) groups is 2. The molecule has 6 nitrogen and oxygen atoms in total. The number of ether oxygens (including phenoxy) is 2. The van der Waals surface area contributed by atoms with Gasteiger partial charge in [0.25, 0.3) is 0 Å². The second-order valence-corrected chi connectivity index (χ2v) is 5.19. The van der Waals surface area contributed by atoms with Crippen molar-refractivity contribution in [3.05, 3.63) is 29.8 Å². The Labute approximate surface area is 122 Å². The minimum atomic E-state index is -1.02. The topological polar surface area (TPSA) is 76.1 Å². The maximum absolute atomic E-state index is 12.8. The second-order valence-electron chi connectivity index (χ2n) is 5.19. The van der Waals surface area contributed by atoms with E-state index >= 15 is 0 Å². The van der Waals surface area contributed by atoms with Gasteiger partial charge < -0.3 is 19.5 Å². The molecule has 1 amide bonds. The SMILES string of the molecule is O=C(O)[C@H]1COCCN1C(=O)[C@@H]1CCOc2ccccc21. The van der Waals surface area contributed by atoms with Crippen LogP contribution in [-0.2, 0) is 14.3 Å². The largest absolute Gasteiger partial charge is 0.493 e. The lowest BCUT2D eigenvalue weighted by molar-refractivity contribution is -0.159. The van der Waals surface area contributed by atoms with Gasteiger partial charge in [-0.3, -0.25) is 4.79 Å². The molecule has 0 bridgehead atoms. The van der Waals surface area contributed by atoms with Crippen LogP contribution >= 0.6 is 0 Å². The van der Waals surface area contributed by atoms with E-state index in [1.807, 2.05) is 24.3 Å². The average Bonchev–Trinajstić information content (AvgIpc) is 2.53. The lowest BCUT2D eigenvalue weighted by Crippen LogP contribution is -2.54. The van der Waals surface area contributed by atoms with Crippen molar-refractivity contribution in [3.63, 3.8) is 0 Å². The zero-order valence-electron chi connectivity index (χ0n) is 11.5. The van der Waals surface area contributed by atoms with E-state index < -0.39 is 12.0 Å². The molecule has 6 heteroatoms. The third-order valence-corrected chi connectivity index (χ3v) is 3.95. The first-order valence-electron chi connectivity index (χ1n) is 7.01. The van der Waals surface area contributed by atoms with Crippen molar-refractivity contribution in [2.75, 3.05) is 26.4 Å². The van der Waals surface area contributed by atoms with Crippen LogP contribution in [0.1, 0.15) is 17.9 Å². The number of hydrogen-bond donors (Lipinski definition) is 1. The highest BCUT2D eigenvalue weighted by Crippen LogP contribution is 2.35. The smallest absolute Gasteiger partial charge is 0.328 e. The normalized spacial score (nSPS) is 24.9. The Balaban J connectivity index is 1.86. The number of morpholine rings is 1. The summed E-state index contributed by atoms with van der Waals surface area (Å²) < 4.78 is 10.7. The summed E-state index contributed by atoms with van der Waals surface area (Å²) in [7, 11) is 0. The van der Waals surface area contributed by atoms with Crippen LogP contribution in [0.5, 0.6) is 5.75 Å². The Kier molecular flexibility index (Phi) is 3.79. The fourth-order valence-corrected chi connectivity index (χ4v) is 2.87. The monoisotopic (exact) mass is 291 g/mol. The lowest BCUT2D eigenvalue weighted by atomic mass is 9.91. The lowest BCUT2D eigenvalue weighted by Gasteiger charge is -2.36. The number of rotatable bonds is 2. The number of nitrogens with zero attached hydrogens (tertiary/aromatic N) is 1. The van der Waals surface area contributed by atoms with E-state index in [2.05, 4.69) is 0 Å². The molecule has 0 saturated carbocycles. The number of carboxylic acids is 1. The number of amides is 1. The van der Waals surface area contributed by atoms with Gasteiger partial charge in [-0.1, -0.05) is 18.2 Å². The van der Waals surface area contributed by atoms with Gasteiger partial charge in [0.15, 0.2) is 6.04 Å². The van der Waals surface area contributed by atoms with E-state index in [1.54, 1.807) is 0 Å². The molecule has 2 aliphatic heterocycles. The van der Waals surface area contributed by atoms with Gasteiger partial charge in [0.05, 0.1) is 25.7 Å². The van der Waals surface area contributed by atoms with Gasteiger partial charge in [-0.25, -0.2) is 4.79 Å². The fourth-order valence-electron chi connectivity index (χ4n) is 2.87. The molecular formula is C15H17NO5. The molecule has 3 rings (SSSR count). The average molecular weight is 291 g/mol. The third kappa shape index (κ3) is 2.58. The number of para-hydroxylation sites is 1. The molecule has 0 radical (unpaired) electrons. The summed E-state index contributed by atoms with van der Waals surface area (Å²) in [5.74, 6) is -0.804. The standard InChI is InChI=1S/C15H17NO5/c17-14(16-6-8-20-9-12(16)15(18)19)11-5-7-21-13-4-2-1-3-10(11)13/h1-4,11-12H,5-9H2,(H,18,19)/t11-,12-/m1/s1. The van der Waals surface area contributed by atoms with Crippen molar-refractivity contribution in [1.29, 1.82) is 0 Å². The Morgan fingerprint density at radius 1 is 1.24 bits per heavy atom. The Bertz CT molecular complexity index is 559. The number of benzene rings is 1. The van der Waals surface area contributed by atoms with E-state index in [0.29, 0.717) is 31.9 Å². The highest BCUT2D eigenvalue weighted by atomic mass is 16.5. The van der Waals surface area contributed by atoms with Crippen molar-refractivity contribution in [2.24, 2.45) is 0 Å². The maximum Gasteiger partial charge on any atom is 0.328 e. The van der Waals surface area contributed by atoms with Crippen molar-refractivity contribution < 1.29 is 24.2 Å². The van der Waals surface area contributed by atoms with Crippen LogP contribution in [0.25, 0.3) is 0 Å². The van der Waals surface area contributed by atoms with E-state index in [1.165, 1.54) is 4.90 Å². The fraction of sp³-hybridized carbons (Fsp3) is 0.467. The molecule has 0 aliphatic carbocycles. The van der Waals surface area contributed by atoms with Crippen molar-refractivity contribution in [3.8, 4) is 5.75 Å². The molecule has 2 atom stereocenters. The van der Waals surface area contributed by atoms with E-state index in [9.17, 15) is 14.7 Å². The van der Waals surface area contributed by atoms with Crippen molar-refractivity contribution >= 4 is 11.9 Å². The molecule has 1 saturated heterocycles. The minimum Gasteiger partial charge on any atom is -0.493 e. The predicted octanol–water partition coefficient (Wildman–Crippen LogP) is 0.865. The molecule has 112 valence electrons. The quantitative estimate of drug-likeness (QED) is 0.875. The zero-order valence-corrected chi connectivity index (χ0v) is 11.5. The van der Waals surface area contributed by atoms with Gasteiger partial charge in [-0.2, -0.15) is 0 Å². The van der Waals surface area contributed by atoms with E-state index in [-0.39, 0.29) is 18.4 Å². The molecule has 0 unspecified atom stereocenters. The summed E-state index contributed by atoms with van der Waals surface area (Å²) in [5, 5.41) is 9.25. The van der Waals surface area contributed by atoms with Gasteiger partial charge >= 0.3 is 5.97 Å². The molecule has 0 aromatic heterocycles. The van der Waals surface area contributed by atoms with Crippen LogP contribution in [0.2, 0.25) is 0 Å². The molecule has 2 heterocycles. The number of carbonyl (C=O) groups excluding carboxylic acids is 1. The van der Waals surface area contributed by atoms with Gasteiger partial charge in [0.2, 0.25) is 5.91 Å². The van der Waals surface area contributed by atoms with E-state index in [4.69, 9.17) is 9.47 Å². The summed E-state index contributed by atoms with van der Waals surface area (Å²) >= 11 is 0. The number of carboxylic acid groups (broad SMARTS) is 1. The van der Waals surface area contributed by atoms with Crippen molar-refractivity contribution in [1.82, 2.24) is 4.90 Å². The molecule has 1 N–H and O–H groups in total. The van der Waals surface area contributed by atoms with Gasteiger partial charge in [0, 0.05) is 12.1 Å². The first kappa shape index (κ1) is 13.9. The summed E-state index contributed by atoms with van der Waals surface area (Å²) in [4.78, 5) is 25.5. The second kappa shape index (κ2) is 5.73. The third-order valence-electron chi connectivity index (χ3n) is 3.95. The number of fused-ring (bicyclic) bond motifs is 1. The first-order valence-corrected chi connectivity index (χ1v) is 7.01. The zero-order chi connectivity index (χ0) is 14.8. The Morgan fingerprint density at radius 3 is 2.86 bits per heavy atom.